The molecular weight excluding hydrogens is 378 g/mol. The van der Waals surface area contributed by atoms with Gasteiger partial charge in [0.2, 0.25) is 0 Å². The number of amides is 1. The molecule has 5 rings (SSSR count). The Balaban J connectivity index is 1.32. The zero-order chi connectivity index (χ0) is 19.8. The van der Waals surface area contributed by atoms with Crippen molar-refractivity contribution < 1.29 is 4.79 Å². The summed E-state index contributed by atoms with van der Waals surface area (Å²) in [7, 11) is 0. The Bertz CT molecular complexity index is 1200. The number of fused-ring (bicyclic) bond motifs is 3. The van der Waals surface area contributed by atoms with Crippen LogP contribution in [0.2, 0.25) is 0 Å². The number of carbonyl (C=O) groups is 1. The first-order chi connectivity index (χ1) is 14.2. The summed E-state index contributed by atoms with van der Waals surface area (Å²) in [4.78, 5) is 21.6. The first-order valence-corrected chi connectivity index (χ1v) is 10.4. The molecule has 2 heterocycles. The summed E-state index contributed by atoms with van der Waals surface area (Å²) < 4.78 is 0. The van der Waals surface area contributed by atoms with Gasteiger partial charge in [-0.15, -0.1) is 11.3 Å². The highest BCUT2D eigenvalue weighted by molar-refractivity contribution is 7.10. The van der Waals surface area contributed by atoms with Gasteiger partial charge in [0.25, 0.3) is 5.91 Å². The van der Waals surface area contributed by atoms with Crippen molar-refractivity contribution in [2.75, 3.05) is 0 Å². The molecule has 0 saturated heterocycles. The van der Waals surface area contributed by atoms with Crippen molar-refractivity contribution in [3.63, 3.8) is 0 Å². The predicted molar refractivity (Wildman–Crippen MR) is 116 cm³/mol. The van der Waals surface area contributed by atoms with Gasteiger partial charge in [-0.05, 0) is 59.9 Å². The summed E-state index contributed by atoms with van der Waals surface area (Å²) >= 11 is 1.56. The van der Waals surface area contributed by atoms with Crippen LogP contribution in [-0.4, -0.2) is 15.9 Å². The van der Waals surface area contributed by atoms with Crippen molar-refractivity contribution in [3.05, 3.63) is 94.1 Å². The van der Waals surface area contributed by atoms with Gasteiger partial charge in [-0.3, -0.25) is 9.78 Å². The number of thiazole rings is 1. The van der Waals surface area contributed by atoms with E-state index >= 15 is 0 Å². The van der Waals surface area contributed by atoms with E-state index < -0.39 is 0 Å². The van der Waals surface area contributed by atoms with E-state index in [1.807, 2.05) is 36.6 Å². The molecule has 2 aromatic carbocycles. The Morgan fingerprint density at radius 1 is 1.03 bits per heavy atom. The van der Waals surface area contributed by atoms with Crippen molar-refractivity contribution >= 4 is 17.2 Å². The lowest BCUT2D eigenvalue weighted by molar-refractivity contribution is 0.0940. The molecule has 1 amide bonds. The van der Waals surface area contributed by atoms with E-state index in [0.717, 1.165) is 22.7 Å². The molecule has 0 fully saturated rings. The van der Waals surface area contributed by atoms with E-state index in [0.29, 0.717) is 5.56 Å². The van der Waals surface area contributed by atoms with Crippen LogP contribution in [-0.2, 0) is 6.42 Å². The van der Waals surface area contributed by atoms with Gasteiger partial charge < -0.3 is 5.32 Å². The van der Waals surface area contributed by atoms with E-state index in [4.69, 9.17) is 0 Å². The monoisotopic (exact) mass is 397 g/mol. The lowest BCUT2D eigenvalue weighted by atomic mass is 10.0. The number of aromatic nitrogens is 2. The number of carbonyl (C=O) groups excluding carboxylic acids is 1. The van der Waals surface area contributed by atoms with Gasteiger partial charge in [-0.1, -0.05) is 30.3 Å². The van der Waals surface area contributed by atoms with Crippen molar-refractivity contribution in [2.45, 2.75) is 19.4 Å². The fraction of sp³-hybridized carbons (Fsp3) is 0.125. The summed E-state index contributed by atoms with van der Waals surface area (Å²) in [5, 5.41) is 5.99. The number of benzene rings is 2. The maximum atomic E-state index is 12.8. The fourth-order valence-corrected chi connectivity index (χ4v) is 4.61. The Hall–Kier alpha value is -3.31. The SMILES string of the molecule is CC(NC(=O)c1ccc2c(c1)Cc1ccccc1-2)c1nc(-c2ccncc2)cs1. The quantitative estimate of drug-likeness (QED) is 0.450. The molecule has 29 heavy (non-hydrogen) atoms. The zero-order valence-corrected chi connectivity index (χ0v) is 16.7. The van der Waals surface area contributed by atoms with Crippen molar-refractivity contribution in [3.8, 4) is 22.4 Å². The molecule has 5 heteroatoms. The maximum absolute atomic E-state index is 12.8. The molecule has 2 aromatic heterocycles. The maximum Gasteiger partial charge on any atom is 0.251 e. The van der Waals surface area contributed by atoms with Gasteiger partial charge in [-0.25, -0.2) is 4.98 Å². The number of nitrogens with zero attached hydrogens (tertiary/aromatic N) is 2. The van der Waals surface area contributed by atoms with Crippen molar-refractivity contribution in [1.29, 1.82) is 0 Å². The minimum absolute atomic E-state index is 0.0723. The lowest BCUT2D eigenvalue weighted by Gasteiger charge is -2.12. The normalized spacial score (nSPS) is 12.9. The van der Waals surface area contributed by atoms with Crippen LogP contribution in [0, 0.1) is 0 Å². The van der Waals surface area contributed by atoms with Crippen molar-refractivity contribution in [2.24, 2.45) is 0 Å². The highest BCUT2D eigenvalue weighted by Gasteiger charge is 2.20. The molecular formula is C24H19N3OS. The number of rotatable bonds is 4. The van der Waals surface area contributed by atoms with E-state index in [9.17, 15) is 4.79 Å². The molecule has 142 valence electrons. The first-order valence-electron chi connectivity index (χ1n) is 9.57. The molecule has 1 atom stereocenters. The second-order valence-corrected chi connectivity index (χ2v) is 8.10. The van der Waals surface area contributed by atoms with Gasteiger partial charge in [0.1, 0.15) is 5.01 Å². The lowest BCUT2D eigenvalue weighted by Crippen LogP contribution is -2.26. The molecule has 4 nitrogen and oxygen atoms in total. The third-order valence-electron chi connectivity index (χ3n) is 5.27. The van der Waals surface area contributed by atoms with Crippen LogP contribution < -0.4 is 5.32 Å². The Morgan fingerprint density at radius 3 is 2.69 bits per heavy atom. The summed E-state index contributed by atoms with van der Waals surface area (Å²) in [5.41, 5.74) is 7.65. The van der Waals surface area contributed by atoms with Gasteiger partial charge >= 0.3 is 0 Å². The minimum Gasteiger partial charge on any atom is -0.343 e. The van der Waals surface area contributed by atoms with E-state index in [2.05, 4.69) is 45.6 Å². The van der Waals surface area contributed by atoms with Crippen LogP contribution in [0.25, 0.3) is 22.4 Å². The third-order valence-corrected chi connectivity index (χ3v) is 6.30. The van der Waals surface area contributed by atoms with Gasteiger partial charge in [0.05, 0.1) is 11.7 Å². The molecule has 0 radical (unpaired) electrons. The van der Waals surface area contributed by atoms with Crippen LogP contribution in [0.3, 0.4) is 0 Å². The molecule has 1 aliphatic rings. The molecule has 1 aliphatic carbocycles. The highest BCUT2D eigenvalue weighted by atomic mass is 32.1. The number of hydrogen-bond donors (Lipinski definition) is 1. The molecule has 1 unspecified atom stereocenters. The summed E-state index contributed by atoms with van der Waals surface area (Å²) in [6.45, 7) is 1.97. The van der Waals surface area contributed by atoms with E-state index in [1.165, 1.54) is 22.3 Å². The molecule has 1 N–H and O–H groups in total. The molecule has 4 aromatic rings. The Morgan fingerprint density at radius 2 is 1.83 bits per heavy atom. The summed E-state index contributed by atoms with van der Waals surface area (Å²) in [6.07, 6.45) is 4.39. The zero-order valence-electron chi connectivity index (χ0n) is 15.9. The number of nitrogens with one attached hydrogen (secondary N) is 1. The highest BCUT2D eigenvalue weighted by Crippen LogP contribution is 2.36. The number of hydrogen-bond acceptors (Lipinski definition) is 4. The van der Waals surface area contributed by atoms with E-state index in [1.54, 1.807) is 23.7 Å². The van der Waals surface area contributed by atoms with Crippen LogP contribution in [0.5, 0.6) is 0 Å². The molecule has 0 spiro atoms. The molecule has 0 saturated carbocycles. The Kier molecular flexibility index (Phi) is 4.45. The molecule has 0 bridgehead atoms. The van der Waals surface area contributed by atoms with Crippen molar-refractivity contribution in [1.82, 2.24) is 15.3 Å². The first kappa shape index (κ1) is 17.8. The van der Waals surface area contributed by atoms with Gasteiger partial charge in [0, 0.05) is 28.9 Å². The predicted octanol–water partition coefficient (Wildman–Crippen LogP) is 5.27. The minimum atomic E-state index is -0.159. The van der Waals surface area contributed by atoms with Gasteiger partial charge in [0.15, 0.2) is 0 Å². The second-order valence-electron chi connectivity index (χ2n) is 7.21. The fourth-order valence-electron chi connectivity index (χ4n) is 3.77. The van der Waals surface area contributed by atoms with Crippen LogP contribution in [0.1, 0.15) is 39.5 Å². The van der Waals surface area contributed by atoms with Crippen LogP contribution in [0.15, 0.2) is 72.4 Å². The second kappa shape index (κ2) is 7.26. The standard InChI is InChI=1S/C24H19N3OS/c1-15(24-27-22(14-29-24)16-8-10-25-11-9-16)26-23(28)18-6-7-21-19(13-18)12-17-4-2-3-5-20(17)21/h2-11,13-15H,12H2,1H3,(H,26,28). The summed E-state index contributed by atoms with van der Waals surface area (Å²) in [5.74, 6) is -0.0723. The van der Waals surface area contributed by atoms with Crippen LogP contribution in [0.4, 0.5) is 0 Å². The van der Waals surface area contributed by atoms with Gasteiger partial charge in [-0.2, -0.15) is 0 Å². The average molecular weight is 398 g/mol. The van der Waals surface area contributed by atoms with E-state index in [-0.39, 0.29) is 11.9 Å². The van der Waals surface area contributed by atoms with Crippen LogP contribution >= 0.6 is 11.3 Å². The topological polar surface area (TPSA) is 54.9 Å². The molecule has 0 aliphatic heterocycles. The third kappa shape index (κ3) is 3.34. The largest absolute Gasteiger partial charge is 0.343 e. The Labute approximate surface area is 173 Å². The smallest absolute Gasteiger partial charge is 0.251 e. The average Bonchev–Trinajstić information content (AvgIpc) is 3.39. The number of pyridine rings is 1. The summed E-state index contributed by atoms with van der Waals surface area (Å²) in [6, 6.07) is 18.1.